The number of hydrogen-bond donors (Lipinski definition) is 2. The van der Waals surface area contributed by atoms with Crippen LogP contribution in [0.25, 0.3) is 0 Å². The van der Waals surface area contributed by atoms with Gasteiger partial charge in [0.2, 0.25) is 0 Å². The zero-order valence-electron chi connectivity index (χ0n) is 21.0. The molecule has 0 spiro atoms. The van der Waals surface area contributed by atoms with Gasteiger partial charge in [-0.2, -0.15) is 0 Å². The zero-order valence-corrected chi connectivity index (χ0v) is 21.0. The fraction of sp³-hybridized carbons (Fsp3) is 0.833. The number of piperidine rings is 2. The van der Waals surface area contributed by atoms with Crippen LogP contribution in [0, 0.1) is 11.8 Å². The van der Waals surface area contributed by atoms with E-state index in [4.69, 9.17) is 9.47 Å². The lowest BCUT2D eigenvalue weighted by molar-refractivity contribution is -0.147. The second-order valence-corrected chi connectivity index (χ2v) is 11.8. The van der Waals surface area contributed by atoms with E-state index in [1.165, 1.54) is 9.80 Å². The molecule has 34 heavy (non-hydrogen) atoms. The number of fused-ring (bicyclic) bond motifs is 2. The summed E-state index contributed by atoms with van der Waals surface area (Å²) >= 11 is 0. The number of likely N-dealkylation sites (tertiary alicyclic amines) is 2. The van der Waals surface area contributed by atoms with Crippen molar-refractivity contribution in [3.8, 4) is 0 Å². The van der Waals surface area contributed by atoms with Crippen LogP contribution in [0.15, 0.2) is 0 Å². The fourth-order valence-corrected chi connectivity index (χ4v) is 5.26. The van der Waals surface area contributed by atoms with Crippen molar-refractivity contribution in [1.82, 2.24) is 9.80 Å². The average Bonchev–Trinajstić information content (AvgIpc) is 3.56. The molecule has 4 fully saturated rings. The lowest BCUT2D eigenvalue weighted by Crippen LogP contribution is -2.52. The Hall–Kier alpha value is -2.52. The molecule has 2 saturated heterocycles. The Bertz CT molecular complexity index is 790. The van der Waals surface area contributed by atoms with E-state index >= 15 is 0 Å². The van der Waals surface area contributed by atoms with E-state index in [1.807, 2.05) is 0 Å². The predicted octanol–water partition coefficient (Wildman–Crippen LogP) is 3.72. The van der Waals surface area contributed by atoms with Gasteiger partial charge in [-0.15, -0.1) is 0 Å². The second-order valence-electron chi connectivity index (χ2n) is 11.8. The third-order valence-corrected chi connectivity index (χ3v) is 6.95. The highest BCUT2D eigenvalue weighted by Gasteiger charge is 2.68. The van der Waals surface area contributed by atoms with Gasteiger partial charge >= 0.3 is 24.1 Å². The van der Waals surface area contributed by atoms with Crippen LogP contribution in [0.3, 0.4) is 0 Å². The van der Waals surface area contributed by atoms with Crippen LogP contribution in [-0.4, -0.2) is 79.5 Å². The number of hydrogen-bond acceptors (Lipinski definition) is 6. The zero-order chi connectivity index (χ0) is 25.7. The molecule has 192 valence electrons. The summed E-state index contributed by atoms with van der Waals surface area (Å²) in [5, 5.41) is 18.6. The standard InChI is InChI=1S/2C12H19NO4/c2*1-11(2,3)17-10(16)13-6-4-5-8-7-12(8,13)9(14)15/h2*8H,4-7H2,1-3H3,(H,14,15)/t2*8-,12+/m10/s1. The minimum Gasteiger partial charge on any atom is -0.479 e. The summed E-state index contributed by atoms with van der Waals surface area (Å²) < 4.78 is 10.5. The SMILES string of the molecule is CC(C)(C)OC(=O)N1CCC[C@@H]2C[C@@]21C(=O)O.CC(C)(C)OC(=O)N1CCC[C@H]2C[C@]21C(=O)O. The molecule has 2 heterocycles. The van der Waals surface area contributed by atoms with Crippen LogP contribution in [-0.2, 0) is 19.1 Å². The van der Waals surface area contributed by atoms with E-state index < -0.39 is 46.4 Å². The minimum absolute atomic E-state index is 0.112. The van der Waals surface area contributed by atoms with Gasteiger partial charge < -0.3 is 19.7 Å². The van der Waals surface area contributed by atoms with Crippen LogP contribution in [0.5, 0.6) is 0 Å². The summed E-state index contributed by atoms with van der Waals surface area (Å²) in [6.07, 6.45) is 3.65. The van der Waals surface area contributed by atoms with Gasteiger partial charge in [-0.05, 0) is 91.9 Å². The van der Waals surface area contributed by atoms with Crippen LogP contribution in [0.1, 0.15) is 80.1 Å². The monoisotopic (exact) mass is 482 g/mol. The molecule has 2 saturated carbocycles. The minimum atomic E-state index is -0.972. The number of carbonyl (C=O) groups excluding carboxylic acids is 2. The van der Waals surface area contributed by atoms with E-state index in [1.54, 1.807) is 41.5 Å². The second kappa shape index (κ2) is 8.61. The van der Waals surface area contributed by atoms with Crippen LogP contribution >= 0.6 is 0 Å². The van der Waals surface area contributed by atoms with Crippen molar-refractivity contribution in [3.63, 3.8) is 0 Å². The van der Waals surface area contributed by atoms with Gasteiger partial charge in [0, 0.05) is 13.1 Å². The Balaban J connectivity index is 0.000000191. The van der Waals surface area contributed by atoms with Gasteiger partial charge in [-0.1, -0.05) is 0 Å². The Labute approximate surface area is 200 Å². The summed E-state index contributed by atoms with van der Waals surface area (Å²) in [7, 11) is 0. The summed E-state index contributed by atoms with van der Waals surface area (Å²) in [5.74, 6) is -1.57. The maximum atomic E-state index is 12.0. The van der Waals surface area contributed by atoms with Gasteiger partial charge in [-0.25, -0.2) is 19.2 Å². The predicted molar refractivity (Wildman–Crippen MR) is 121 cm³/mol. The topological polar surface area (TPSA) is 134 Å². The molecule has 2 aliphatic heterocycles. The van der Waals surface area contributed by atoms with Gasteiger partial charge in [0.1, 0.15) is 22.3 Å². The molecule has 0 aromatic carbocycles. The van der Waals surface area contributed by atoms with E-state index in [0.717, 1.165) is 25.7 Å². The first-order chi connectivity index (χ1) is 15.5. The van der Waals surface area contributed by atoms with Crippen molar-refractivity contribution in [1.29, 1.82) is 0 Å². The number of aliphatic carboxylic acids is 2. The van der Waals surface area contributed by atoms with Gasteiger partial charge in [-0.3, -0.25) is 9.80 Å². The maximum Gasteiger partial charge on any atom is 0.411 e. The van der Waals surface area contributed by atoms with Crippen molar-refractivity contribution in [2.45, 2.75) is 102 Å². The summed E-state index contributed by atoms with van der Waals surface area (Å²) in [5.41, 5.74) is -3.11. The number of carboxylic acids is 2. The largest absolute Gasteiger partial charge is 0.479 e. The summed E-state index contributed by atoms with van der Waals surface area (Å²) in [6, 6.07) is 0. The van der Waals surface area contributed by atoms with E-state index in [9.17, 15) is 29.4 Å². The number of ether oxygens (including phenoxy) is 2. The molecule has 4 rings (SSSR count). The number of nitrogens with zero attached hydrogens (tertiary/aromatic N) is 2. The Morgan fingerprint density at radius 3 is 1.29 bits per heavy atom. The van der Waals surface area contributed by atoms with Crippen LogP contribution in [0.2, 0.25) is 0 Å². The van der Waals surface area contributed by atoms with Crippen molar-refractivity contribution in [2.24, 2.45) is 11.8 Å². The molecule has 0 radical (unpaired) electrons. The molecule has 0 bridgehead atoms. The van der Waals surface area contributed by atoms with Crippen molar-refractivity contribution >= 4 is 24.1 Å². The molecule has 2 amide bonds. The molecular formula is C24H38N2O8. The molecule has 0 aromatic heterocycles. The molecule has 2 aliphatic carbocycles. The molecule has 10 heteroatoms. The highest BCUT2D eigenvalue weighted by molar-refractivity contribution is 5.89. The lowest BCUT2D eigenvalue weighted by Gasteiger charge is -2.34. The third kappa shape index (κ3) is 4.95. The quantitative estimate of drug-likeness (QED) is 0.608. The average molecular weight is 483 g/mol. The number of carboxylic acid groups (broad SMARTS) is 2. The molecule has 0 unspecified atom stereocenters. The Morgan fingerprint density at radius 2 is 1.03 bits per heavy atom. The molecule has 2 N–H and O–H groups in total. The van der Waals surface area contributed by atoms with Crippen LogP contribution in [0.4, 0.5) is 9.59 Å². The third-order valence-electron chi connectivity index (χ3n) is 6.95. The van der Waals surface area contributed by atoms with Crippen LogP contribution < -0.4 is 0 Å². The molecule has 4 atom stereocenters. The first-order valence-electron chi connectivity index (χ1n) is 12.0. The smallest absolute Gasteiger partial charge is 0.411 e. The molecule has 0 aromatic rings. The van der Waals surface area contributed by atoms with Crippen molar-refractivity contribution in [2.75, 3.05) is 13.1 Å². The highest BCUT2D eigenvalue weighted by atomic mass is 16.6. The lowest BCUT2D eigenvalue weighted by atomic mass is 10.0. The Morgan fingerprint density at radius 1 is 0.706 bits per heavy atom. The van der Waals surface area contributed by atoms with Gasteiger partial charge in [0.05, 0.1) is 0 Å². The number of carbonyl (C=O) groups is 4. The number of rotatable bonds is 2. The summed E-state index contributed by atoms with van der Waals surface area (Å²) in [4.78, 5) is 49.5. The Kier molecular flexibility index (Phi) is 6.60. The summed E-state index contributed by atoms with van der Waals surface area (Å²) in [6.45, 7) is 11.7. The van der Waals surface area contributed by atoms with Crippen molar-refractivity contribution < 1.29 is 38.9 Å². The number of amides is 2. The molecular weight excluding hydrogens is 444 g/mol. The normalized spacial score (nSPS) is 31.7. The maximum absolute atomic E-state index is 12.0. The van der Waals surface area contributed by atoms with E-state index in [2.05, 4.69) is 0 Å². The first-order valence-corrected chi connectivity index (χ1v) is 12.0. The molecule has 10 nitrogen and oxygen atoms in total. The van der Waals surface area contributed by atoms with Crippen molar-refractivity contribution in [3.05, 3.63) is 0 Å². The van der Waals surface area contributed by atoms with Gasteiger partial charge in [0.25, 0.3) is 0 Å². The first kappa shape index (κ1) is 26.1. The van der Waals surface area contributed by atoms with E-state index in [0.29, 0.717) is 25.9 Å². The fourth-order valence-electron chi connectivity index (χ4n) is 5.26. The van der Waals surface area contributed by atoms with E-state index in [-0.39, 0.29) is 11.8 Å². The highest BCUT2D eigenvalue weighted by Crippen LogP contribution is 2.55. The molecule has 4 aliphatic rings. The van der Waals surface area contributed by atoms with Gasteiger partial charge in [0.15, 0.2) is 0 Å².